The minimum absolute atomic E-state index is 0.0184. The molecular formula is C12H11N3O3. The van der Waals surface area contributed by atoms with Crippen LogP contribution in [0.3, 0.4) is 0 Å². The van der Waals surface area contributed by atoms with Crippen LogP contribution in [0.1, 0.15) is 12.8 Å². The summed E-state index contributed by atoms with van der Waals surface area (Å²) in [5.74, 6) is 0. The zero-order chi connectivity index (χ0) is 12.5. The molecule has 1 aromatic heterocycles. The molecule has 2 aromatic rings. The van der Waals surface area contributed by atoms with Crippen LogP contribution in [0.2, 0.25) is 0 Å². The Kier molecular flexibility index (Phi) is 2.47. The maximum Gasteiger partial charge on any atom is 0.295 e. The average molecular weight is 245 g/mol. The van der Waals surface area contributed by atoms with Crippen molar-refractivity contribution in [2.45, 2.75) is 18.9 Å². The molecule has 6 heteroatoms. The van der Waals surface area contributed by atoms with E-state index in [1.165, 1.54) is 12.1 Å². The molecule has 18 heavy (non-hydrogen) atoms. The lowest BCUT2D eigenvalue weighted by Crippen LogP contribution is -2.14. The van der Waals surface area contributed by atoms with Gasteiger partial charge in [0.15, 0.2) is 5.58 Å². The fraction of sp³-hybridized carbons (Fsp3) is 0.250. The number of nitro groups is 1. The van der Waals surface area contributed by atoms with Crippen molar-refractivity contribution >= 4 is 22.8 Å². The first-order valence-electron chi connectivity index (χ1n) is 5.69. The first kappa shape index (κ1) is 10.8. The number of non-ortho nitro benzene ring substituents is 1. The fourth-order valence-electron chi connectivity index (χ4n) is 2.00. The number of aromatic nitrogens is 1. The highest BCUT2D eigenvalue weighted by Crippen LogP contribution is 2.25. The van der Waals surface area contributed by atoms with Gasteiger partial charge in [-0.2, -0.15) is 4.98 Å². The lowest BCUT2D eigenvalue weighted by atomic mass is 10.2. The van der Waals surface area contributed by atoms with Gasteiger partial charge in [0, 0.05) is 18.2 Å². The molecule has 0 atom stereocenters. The van der Waals surface area contributed by atoms with Gasteiger partial charge in [0.05, 0.1) is 4.92 Å². The van der Waals surface area contributed by atoms with Gasteiger partial charge >= 0.3 is 0 Å². The summed E-state index contributed by atoms with van der Waals surface area (Å²) < 4.78 is 5.49. The van der Waals surface area contributed by atoms with Crippen molar-refractivity contribution in [2.75, 3.05) is 5.32 Å². The van der Waals surface area contributed by atoms with E-state index in [-0.39, 0.29) is 5.69 Å². The van der Waals surface area contributed by atoms with Gasteiger partial charge in [-0.3, -0.25) is 10.1 Å². The molecular weight excluding hydrogens is 234 g/mol. The Hall–Kier alpha value is -2.37. The van der Waals surface area contributed by atoms with Gasteiger partial charge in [-0.25, -0.2) is 0 Å². The van der Waals surface area contributed by atoms with E-state index in [0.717, 1.165) is 12.8 Å². The van der Waals surface area contributed by atoms with E-state index < -0.39 is 4.92 Å². The summed E-state index contributed by atoms with van der Waals surface area (Å²) in [6, 6.07) is 5.11. The maximum atomic E-state index is 10.7. The topological polar surface area (TPSA) is 81.2 Å². The quantitative estimate of drug-likeness (QED) is 0.510. The van der Waals surface area contributed by atoms with E-state index >= 15 is 0 Å². The van der Waals surface area contributed by atoms with Crippen LogP contribution in [0.25, 0.3) is 11.1 Å². The molecule has 0 radical (unpaired) electrons. The standard InChI is InChI=1S/C12H11N3O3/c16-15(17)9-5-6-11-10(7-9)14-12(18-11)13-8-3-1-2-4-8/h1-2,5-8H,3-4H2,(H,13,14). The Bertz CT molecular complexity index is 625. The molecule has 0 aliphatic heterocycles. The molecule has 0 amide bonds. The third kappa shape index (κ3) is 1.92. The maximum absolute atomic E-state index is 10.7. The zero-order valence-electron chi connectivity index (χ0n) is 9.50. The first-order valence-corrected chi connectivity index (χ1v) is 5.69. The van der Waals surface area contributed by atoms with Crippen molar-refractivity contribution < 1.29 is 9.34 Å². The second-order valence-corrected chi connectivity index (χ2v) is 4.21. The molecule has 1 aliphatic rings. The SMILES string of the molecule is O=[N+]([O-])c1ccc2oc(NC3CC=CC3)nc2c1. The normalized spacial score (nSPS) is 15.3. The molecule has 1 heterocycles. The summed E-state index contributed by atoms with van der Waals surface area (Å²) in [6.45, 7) is 0. The molecule has 1 N–H and O–H groups in total. The van der Waals surface area contributed by atoms with Gasteiger partial charge in [-0.05, 0) is 18.9 Å². The van der Waals surface area contributed by atoms with Gasteiger partial charge in [-0.15, -0.1) is 0 Å². The number of benzene rings is 1. The van der Waals surface area contributed by atoms with Crippen LogP contribution in [-0.4, -0.2) is 15.9 Å². The number of nitrogens with one attached hydrogen (secondary N) is 1. The Balaban J connectivity index is 1.88. The summed E-state index contributed by atoms with van der Waals surface area (Å²) >= 11 is 0. The van der Waals surface area contributed by atoms with Crippen LogP contribution in [0.5, 0.6) is 0 Å². The van der Waals surface area contributed by atoms with Gasteiger partial charge in [0.2, 0.25) is 0 Å². The van der Waals surface area contributed by atoms with E-state index in [1.54, 1.807) is 6.07 Å². The lowest BCUT2D eigenvalue weighted by Gasteiger charge is -2.08. The minimum atomic E-state index is -0.442. The van der Waals surface area contributed by atoms with Crippen molar-refractivity contribution in [3.63, 3.8) is 0 Å². The molecule has 0 unspecified atom stereocenters. The third-order valence-corrected chi connectivity index (χ3v) is 2.92. The lowest BCUT2D eigenvalue weighted by molar-refractivity contribution is -0.384. The third-order valence-electron chi connectivity index (χ3n) is 2.92. The smallest absolute Gasteiger partial charge is 0.295 e. The van der Waals surface area contributed by atoms with E-state index in [9.17, 15) is 10.1 Å². The van der Waals surface area contributed by atoms with Gasteiger partial charge in [0.1, 0.15) is 5.52 Å². The molecule has 0 bridgehead atoms. The molecule has 1 aliphatic carbocycles. The van der Waals surface area contributed by atoms with Crippen LogP contribution < -0.4 is 5.32 Å². The number of oxazole rings is 1. The number of nitrogens with zero attached hydrogens (tertiary/aromatic N) is 2. The second kappa shape index (κ2) is 4.14. The first-order chi connectivity index (χ1) is 8.72. The molecule has 0 fully saturated rings. The van der Waals surface area contributed by atoms with Gasteiger partial charge < -0.3 is 9.73 Å². The Morgan fingerprint density at radius 2 is 2.17 bits per heavy atom. The van der Waals surface area contributed by atoms with Crippen molar-refractivity contribution in [2.24, 2.45) is 0 Å². The number of hydrogen-bond acceptors (Lipinski definition) is 5. The van der Waals surface area contributed by atoms with Crippen LogP contribution in [0, 0.1) is 10.1 Å². The van der Waals surface area contributed by atoms with Crippen molar-refractivity contribution in [3.05, 3.63) is 40.5 Å². The Morgan fingerprint density at radius 1 is 1.39 bits per heavy atom. The number of nitro benzene ring substituents is 1. The summed E-state index contributed by atoms with van der Waals surface area (Å²) in [4.78, 5) is 14.4. The molecule has 0 saturated heterocycles. The molecule has 3 rings (SSSR count). The van der Waals surface area contributed by atoms with E-state index in [2.05, 4.69) is 22.5 Å². The summed E-state index contributed by atoms with van der Waals surface area (Å²) in [5, 5.41) is 13.8. The fourth-order valence-corrected chi connectivity index (χ4v) is 2.00. The summed E-state index contributed by atoms with van der Waals surface area (Å²) in [7, 11) is 0. The summed E-state index contributed by atoms with van der Waals surface area (Å²) in [5.41, 5.74) is 1.07. The second-order valence-electron chi connectivity index (χ2n) is 4.21. The molecule has 0 saturated carbocycles. The van der Waals surface area contributed by atoms with Crippen molar-refractivity contribution in [1.29, 1.82) is 0 Å². The Labute approximate surface area is 102 Å². The Morgan fingerprint density at radius 3 is 2.89 bits per heavy atom. The molecule has 6 nitrogen and oxygen atoms in total. The number of rotatable bonds is 3. The monoisotopic (exact) mass is 245 g/mol. The van der Waals surface area contributed by atoms with Crippen LogP contribution in [0.4, 0.5) is 11.7 Å². The highest BCUT2D eigenvalue weighted by Gasteiger charge is 2.15. The van der Waals surface area contributed by atoms with Crippen LogP contribution in [-0.2, 0) is 0 Å². The number of fused-ring (bicyclic) bond motifs is 1. The van der Waals surface area contributed by atoms with Crippen LogP contribution >= 0.6 is 0 Å². The zero-order valence-corrected chi connectivity index (χ0v) is 9.50. The van der Waals surface area contributed by atoms with Gasteiger partial charge in [-0.1, -0.05) is 12.2 Å². The van der Waals surface area contributed by atoms with E-state index in [0.29, 0.717) is 23.2 Å². The number of hydrogen-bond donors (Lipinski definition) is 1. The number of anilines is 1. The predicted octanol–water partition coefficient (Wildman–Crippen LogP) is 2.87. The highest BCUT2D eigenvalue weighted by atomic mass is 16.6. The summed E-state index contributed by atoms with van der Waals surface area (Å²) in [6.07, 6.45) is 6.09. The van der Waals surface area contributed by atoms with E-state index in [4.69, 9.17) is 4.42 Å². The van der Waals surface area contributed by atoms with Crippen molar-refractivity contribution in [3.8, 4) is 0 Å². The minimum Gasteiger partial charge on any atom is -0.424 e. The van der Waals surface area contributed by atoms with Gasteiger partial charge in [0.25, 0.3) is 11.7 Å². The average Bonchev–Trinajstić information content (AvgIpc) is 2.96. The largest absolute Gasteiger partial charge is 0.424 e. The van der Waals surface area contributed by atoms with Crippen molar-refractivity contribution in [1.82, 2.24) is 4.98 Å². The molecule has 92 valence electrons. The van der Waals surface area contributed by atoms with Crippen LogP contribution in [0.15, 0.2) is 34.8 Å². The van der Waals surface area contributed by atoms with E-state index in [1.807, 2.05) is 0 Å². The predicted molar refractivity (Wildman–Crippen MR) is 66.4 cm³/mol. The molecule has 1 aromatic carbocycles. The molecule has 0 spiro atoms. The highest BCUT2D eigenvalue weighted by molar-refractivity contribution is 5.77.